The number of nitrogens with zero attached hydrogens (tertiary/aromatic N) is 1. The summed E-state index contributed by atoms with van der Waals surface area (Å²) < 4.78 is 11.6. The standard InChI is InChI=1S/C27H39N3O6/c1-26(2,25(34)28-16-8-9-18-35-21-10-6-5-7-11-21)15-19-36-27(3,4)20-29-22(31)14-17-30-23(32)12-13-24(30)33/h5-7,10-13H,8-9,14-20H2,1-4H3,(H,28,34)(H,29,31). The molecule has 0 saturated heterocycles. The average molecular weight is 502 g/mol. The van der Waals surface area contributed by atoms with E-state index in [4.69, 9.17) is 9.47 Å². The minimum absolute atomic E-state index is 0.0262. The number of hydrogen-bond acceptors (Lipinski definition) is 6. The molecular formula is C27H39N3O6. The molecule has 4 amide bonds. The molecule has 0 unspecified atom stereocenters. The van der Waals surface area contributed by atoms with Gasteiger partial charge in [0.15, 0.2) is 0 Å². The van der Waals surface area contributed by atoms with Crippen molar-refractivity contribution in [2.75, 3.05) is 32.8 Å². The molecule has 9 heteroatoms. The van der Waals surface area contributed by atoms with Gasteiger partial charge in [-0.15, -0.1) is 0 Å². The molecule has 2 rings (SSSR count). The number of nitrogens with one attached hydrogen (secondary N) is 2. The van der Waals surface area contributed by atoms with Crippen molar-refractivity contribution in [2.45, 2.75) is 59.0 Å². The van der Waals surface area contributed by atoms with Crippen LogP contribution < -0.4 is 15.4 Å². The lowest BCUT2D eigenvalue weighted by Gasteiger charge is -2.29. The molecule has 2 N–H and O–H groups in total. The summed E-state index contributed by atoms with van der Waals surface area (Å²) in [5, 5.41) is 5.77. The van der Waals surface area contributed by atoms with Crippen molar-refractivity contribution in [3.05, 3.63) is 42.5 Å². The average Bonchev–Trinajstić information content (AvgIpc) is 3.15. The normalized spacial score (nSPS) is 13.7. The number of para-hydroxylation sites is 1. The number of imide groups is 1. The van der Waals surface area contributed by atoms with Gasteiger partial charge in [0.1, 0.15) is 5.75 Å². The molecule has 9 nitrogen and oxygen atoms in total. The molecule has 1 aliphatic rings. The fourth-order valence-electron chi connectivity index (χ4n) is 3.39. The van der Waals surface area contributed by atoms with E-state index < -0.39 is 22.8 Å². The van der Waals surface area contributed by atoms with E-state index in [1.54, 1.807) is 0 Å². The summed E-state index contributed by atoms with van der Waals surface area (Å²) in [6.07, 6.45) is 4.62. The summed E-state index contributed by atoms with van der Waals surface area (Å²) in [6.45, 7) is 9.34. The molecule has 198 valence electrons. The highest BCUT2D eigenvalue weighted by molar-refractivity contribution is 6.13. The van der Waals surface area contributed by atoms with Crippen LogP contribution >= 0.6 is 0 Å². The second kappa shape index (κ2) is 13.8. The van der Waals surface area contributed by atoms with Crippen LogP contribution in [0.4, 0.5) is 0 Å². The Bertz CT molecular complexity index is 909. The smallest absolute Gasteiger partial charge is 0.253 e. The summed E-state index contributed by atoms with van der Waals surface area (Å²) in [5.41, 5.74) is -1.23. The van der Waals surface area contributed by atoms with Gasteiger partial charge < -0.3 is 20.1 Å². The van der Waals surface area contributed by atoms with E-state index in [1.165, 1.54) is 12.2 Å². The summed E-state index contributed by atoms with van der Waals surface area (Å²) in [5.74, 6) is -0.257. The third-order valence-electron chi connectivity index (χ3n) is 5.88. The molecule has 0 spiro atoms. The third kappa shape index (κ3) is 10.2. The third-order valence-corrected chi connectivity index (χ3v) is 5.88. The van der Waals surface area contributed by atoms with Gasteiger partial charge in [0.25, 0.3) is 11.8 Å². The zero-order valence-electron chi connectivity index (χ0n) is 21.8. The summed E-state index contributed by atoms with van der Waals surface area (Å²) in [6, 6.07) is 9.64. The van der Waals surface area contributed by atoms with Crippen molar-refractivity contribution in [2.24, 2.45) is 5.41 Å². The Kier molecular flexibility index (Phi) is 11.1. The zero-order valence-corrected chi connectivity index (χ0v) is 21.8. The number of rotatable bonds is 16. The quantitative estimate of drug-likeness (QED) is 0.266. The number of carbonyl (C=O) groups is 4. The topological polar surface area (TPSA) is 114 Å². The highest BCUT2D eigenvalue weighted by Crippen LogP contribution is 2.22. The van der Waals surface area contributed by atoms with Crippen molar-refractivity contribution in [3.63, 3.8) is 0 Å². The van der Waals surface area contributed by atoms with E-state index in [0.29, 0.717) is 26.2 Å². The second-order valence-corrected chi connectivity index (χ2v) is 10.1. The van der Waals surface area contributed by atoms with Crippen molar-refractivity contribution in [1.82, 2.24) is 15.5 Å². The maximum absolute atomic E-state index is 12.6. The molecule has 0 fully saturated rings. The van der Waals surface area contributed by atoms with E-state index >= 15 is 0 Å². The van der Waals surface area contributed by atoms with Crippen LogP contribution in [0.2, 0.25) is 0 Å². The van der Waals surface area contributed by atoms with Crippen LogP contribution in [0.25, 0.3) is 0 Å². The fraction of sp³-hybridized carbons (Fsp3) is 0.556. The molecule has 0 radical (unpaired) electrons. The van der Waals surface area contributed by atoms with Gasteiger partial charge in [0, 0.05) is 50.2 Å². The lowest BCUT2D eigenvalue weighted by Crippen LogP contribution is -2.43. The van der Waals surface area contributed by atoms with Gasteiger partial charge >= 0.3 is 0 Å². The predicted octanol–water partition coefficient (Wildman–Crippen LogP) is 2.60. The van der Waals surface area contributed by atoms with Crippen LogP contribution in [0, 0.1) is 5.41 Å². The zero-order chi connectivity index (χ0) is 26.6. The van der Waals surface area contributed by atoms with Crippen molar-refractivity contribution in [1.29, 1.82) is 0 Å². The second-order valence-electron chi connectivity index (χ2n) is 10.1. The van der Waals surface area contributed by atoms with Gasteiger partial charge in [0.05, 0.1) is 12.2 Å². The van der Waals surface area contributed by atoms with E-state index in [0.717, 1.165) is 23.5 Å². The van der Waals surface area contributed by atoms with E-state index in [2.05, 4.69) is 10.6 Å². The van der Waals surface area contributed by atoms with Crippen LogP contribution in [0.3, 0.4) is 0 Å². The first-order chi connectivity index (χ1) is 17.0. The van der Waals surface area contributed by atoms with Crippen LogP contribution in [0.1, 0.15) is 53.4 Å². The molecule has 1 aromatic carbocycles. The van der Waals surface area contributed by atoms with Crippen LogP contribution in [-0.4, -0.2) is 67.0 Å². The van der Waals surface area contributed by atoms with Gasteiger partial charge in [-0.2, -0.15) is 0 Å². The minimum atomic E-state index is -0.637. The maximum Gasteiger partial charge on any atom is 0.253 e. The fourth-order valence-corrected chi connectivity index (χ4v) is 3.39. The van der Waals surface area contributed by atoms with Crippen molar-refractivity contribution < 1.29 is 28.7 Å². The van der Waals surface area contributed by atoms with Gasteiger partial charge in [-0.3, -0.25) is 24.1 Å². The van der Waals surface area contributed by atoms with Gasteiger partial charge in [0.2, 0.25) is 11.8 Å². The van der Waals surface area contributed by atoms with Gasteiger partial charge in [-0.25, -0.2) is 0 Å². The van der Waals surface area contributed by atoms with Gasteiger partial charge in [-0.05, 0) is 45.2 Å². The first-order valence-electron chi connectivity index (χ1n) is 12.4. The number of hydrogen-bond donors (Lipinski definition) is 2. The number of amides is 4. The lowest BCUT2D eigenvalue weighted by molar-refractivity contribution is -0.137. The Morgan fingerprint density at radius 2 is 1.58 bits per heavy atom. The van der Waals surface area contributed by atoms with Crippen LogP contribution in [0.5, 0.6) is 5.75 Å². The Labute approximate surface area is 213 Å². The lowest BCUT2D eigenvalue weighted by atomic mass is 9.88. The molecule has 0 aromatic heterocycles. The van der Waals surface area contributed by atoms with Crippen molar-refractivity contribution >= 4 is 23.6 Å². The molecule has 36 heavy (non-hydrogen) atoms. The van der Waals surface area contributed by atoms with E-state index in [-0.39, 0.29) is 31.3 Å². The molecule has 1 heterocycles. The summed E-state index contributed by atoms with van der Waals surface area (Å²) >= 11 is 0. The highest BCUT2D eigenvalue weighted by Gasteiger charge is 2.29. The van der Waals surface area contributed by atoms with E-state index in [1.807, 2.05) is 58.0 Å². The molecule has 1 aliphatic heterocycles. The minimum Gasteiger partial charge on any atom is -0.494 e. The molecule has 0 atom stereocenters. The highest BCUT2D eigenvalue weighted by atomic mass is 16.5. The first kappa shape index (κ1) is 29.0. The molecule has 0 aliphatic carbocycles. The Morgan fingerprint density at radius 1 is 0.917 bits per heavy atom. The maximum atomic E-state index is 12.6. The van der Waals surface area contributed by atoms with Gasteiger partial charge in [-0.1, -0.05) is 32.0 Å². The van der Waals surface area contributed by atoms with Crippen molar-refractivity contribution in [3.8, 4) is 5.75 Å². The Morgan fingerprint density at radius 3 is 2.25 bits per heavy atom. The predicted molar refractivity (Wildman–Crippen MR) is 136 cm³/mol. The molecule has 0 saturated carbocycles. The largest absolute Gasteiger partial charge is 0.494 e. The van der Waals surface area contributed by atoms with Crippen LogP contribution in [-0.2, 0) is 23.9 Å². The number of unbranched alkanes of at least 4 members (excludes halogenated alkanes) is 1. The SMILES string of the molecule is CC(C)(CNC(=O)CCN1C(=O)C=CC1=O)OCCC(C)(C)C(=O)NCCCCOc1ccccc1. The Hall–Kier alpha value is -3.20. The van der Waals surface area contributed by atoms with E-state index in [9.17, 15) is 19.2 Å². The first-order valence-corrected chi connectivity index (χ1v) is 12.4. The summed E-state index contributed by atoms with van der Waals surface area (Å²) in [7, 11) is 0. The molecule has 0 bridgehead atoms. The molecule has 1 aromatic rings. The summed E-state index contributed by atoms with van der Waals surface area (Å²) in [4.78, 5) is 48.9. The molecular weight excluding hydrogens is 462 g/mol. The number of benzene rings is 1. The monoisotopic (exact) mass is 501 g/mol. The Balaban J connectivity index is 1.57. The number of carbonyl (C=O) groups excluding carboxylic acids is 4. The van der Waals surface area contributed by atoms with Crippen LogP contribution in [0.15, 0.2) is 42.5 Å². The number of ether oxygens (including phenoxy) is 2.